The van der Waals surface area contributed by atoms with Gasteiger partial charge in [-0.05, 0) is 53.4 Å². The van der Waals surface area contributed by atoms with Crippen LogP contribution in [0, 0.1) is 5.92 Å². The van der Waals surface area contributed by atoms with Gasteiger partial charge in [-0.2, -0.15) is 0 Å². The smallest absolute Gasteiger partial charge is 0.289 e. The van der Waals surface area contributed by atoms with Gasteiger partial charge in [0.15, 0.2) is 10.4 Å². The molecule has 2 rings (SSSR count). The maximum atomic E-state index is 12.2. The second-order valence-electron chi connectivity index (χ2n) is 4.51. The van der Waals surface area contributed by atoms with E-state index in [4.69, 9.17) is 10.2 Å². The number of hydrogen-bond acceptors (Lipinski definition) is 3. The molecule has 1 aliphatic rings. The monoisotopic (exact) mass is 300 g/mol. The van der Waals surface area contributed by atoms with Crippen LogP contribution >= 0.6 is 15.9 Å². The zero-order valence-electron chi connectivity index (χ0n) is 9.86. The summed E-state index contributed by atoms with van der Waals surface area (Å²) < 4.78 is 5.87. The molecule has 1 aliphatic carbocycles. The summed E-state index contributed by atoms with van der Waals surface area (Å²) in [6.07, 6.45) is 3.29. The van der Waals surface area contributed by atoms with E-state index in [1.807, 2.05) is 7.05 Å². The Morgan fingerprint density at radius 3 is 2.94 bits per heavy atom. The molecule has 1 heterocycles. The van der Waals surface area contributed by atoms with Gasteiger partial charge in [0.25, 0.3) is 5.91 Å². The van der Waals surface area contributed by atoms with Crippen LogP contribution in [0.4, 0.5) is 0 Å². The predicted molar refractivity (Wildman–Crippen MR) is 68.7 cm³/mol. The molecule has 1 aromatic rings. The van der Waals surface area contributed by atoms with Crippen LogP contribution < -0.4 is 5.73 Å². The Hall–Kier alpha value is -0.810. The third-order valence-electron chi connectivity index (χ3n) is 3.52. The second-order valence-corrected chi connectivity index (χ2v) is 5.30. The standard InChI is InChI=1S/C12H17BrN2O2/c1-15(9-4-2-3-8(9)7-14)12(16)10-5-6-11(13)17-10/h5-6,8-9H,2-4,7,14H2,1H3. The quantitative estimate of drug-likeness (QED) is 0.931. The van der Waals surface area contributed by atoms with Gasteiger partial charge in [0.1, 0.15) is 0 Å². The van der Waals surface area contributed by atoms with Crippen LogP contribution in [0.1, 0.15) is 29.8 Å². The Morgan fingerprint density at radius 1 is 1.59 bits per heavy atom. The van der Waals surface area contributed by atoms with E-state index in [0.29, 0.717) is 22.9 Å². The molecule has 0 radical (unpaired) electrons. The molecule has 0 saturated heterocycles. The Bertz CT molecular complexity index is 405. The molecule has 1 aromatic heterocycles. The van der Waals surface area contributed by atoms with Gasteiger partial charge in [-0.3, -0.25) is 4.79 Å². The van der Waals surface area contributed by atoms with Gasteiger partial charge < -0.3 is 15.1 Å². The van der Waals surface area contributed by atoms with E-state index in [-0.39, 0.29) is 11.9 Å². The average Bonchev–Trinajstić information content (AvgIpc) is 2.95. The van der Waals surface area contributed by atoms with E-state index < -0.39 is 0 Å². The van der Waals surface area contributed by atoms with Crippen molar-refractivity contribution >= 4 is 21.8 Å². The Balaban J connectivity index is 2.09. The molecular formula is C12H17BrN2O2. The number of furan rings is 1. The van der Waals surface area contributed by atoms with E-state index in [1.54, 1.807) is 17.0 Å². The Morgan fingerprint density at radius 2 is 2.35 bits per heavy atom. The average molecular weight is 301 g/mol. The molecule has 1 amide bonds. The highest BCUT2D eigenvalue weighted by Crippen LogP contribution is 2.29. The minimum atomic E-state index is -0.0685. The zero-order chi connectivity index (χ0) is 12.4. The number of amides is 1. The minimum absolute atomic E-state index is 0.0685. The van der Waals surface area contributed by atoms with E-state index in [9.17, 15) is 4.79 Å². The lowest BCUT2D eigenvalue weighted by Gasteiger charge is -2.28. The van der Waals surface area contributed by atoms with Crippen molar-refractivity contribution in [1.29, 1.82) is 0 Å². The molecule has 2 N–H and O–H groups in total. The number of nitrogens with zero attached hydrogens (tertiary/aromatic N) is 1. The van der Waals surface area contributed by atoms with Gasteiger partial charge in [0.2, 0.25) is 0 Å². The lowest BCUT2D eigenvalue weighted by molar-refractivity contribution is 0.0666. The van der Waals surface area contributed by atoms with E-state index >= 15 is 0 Å². The summed E-state index contributed by atoms with van der Waals surface area (Å²) in [6.45, 7) is 0.643. The van der Waals surface area contributed by atoms with Crippen molar-refractivity contribution < 1.29 is 9.21 Å². The highest BCUT2D eigenvalue weighted by atomic mass is 79.9. The Kier molecular flexibility index (Phi) is 3.89. The topological polar surface area (TPSA) is 59.5 Å². The van der Waals surface area contributed by atoms with Crippen LogP contribution in [0.3, 0.4) is 0 Å². The summed E-state index contributed by atoms with van der Waals surface area (Å²) in [4.78, 5) is 14.0. The lowest BCUT2D eigenvalue weighted by Crippen LogP contribution is -2.41. The number of halogens is 1. The third-order valence-corrected chi connectivity index (χ3v) is 3.95. The molecule has 0 spiro atoms. The van der Waals surface area contributed by atoms with Crippen LogP contribution in [-0.2, 0) is 0 Å². The SMILES string of the molecule is CN(C(=O)c1ccc(Br)o1)C1CCCC1CN. The summed E-state index contributed by atoms with van der Waals surface area (Å²) in [5.74, 6) is 0.727. The molecule has 2 atom stereocenters. The van der Waals surface area contributed by atoms with Crippen LogP contribution in [0.2, 0.25) is 0 Å². The molecule has 0 bridgehead atoms. The van der Waals surface area contributed by atoms with Crippen molar-refractivity contribution in [2.24, 2.45) is 11.7 Å². The maximum absolute atomic E-state index is 12.2. The molecule has 2 unspecified atom stereocenters. The Labute approximate surface area is 109 Å². The number of carbonyl (C=O) groups is 1. The van der Waals surface area contributed by atoms with Crippen LogP contribution in [0.5, 0.6) is 0 Å². The second kappa shape index (κ2) is 5.23. The van der Waals surface area contributed by atoms with Crippen molar-refractivity contribution in [3.63, 3.8) is 0 Å². The molecule has 1 fully saturated rings. The summed E-state index contributed by atoms with van der Waals surface area (Å²) in [6, 6.07) is 3.67. The summed E-state index contributed by atoms with van der Waals surface area (Å²) >= 11 is 3.20. The first kappa shape index (κ1) is 12.6. The first-order valence-corrected chi connectivity index (χ1v) is 6.65. The molecular weight excluding hydrogens is 284 g/mol. The van der Waals surface area contributed by atoms with Gasteiger partial charge in [-0.25, -0.2) is 0 Å². The molecule has 17 heavy (non-hydrogen) atoms. The lowest BCUT2D eigenvalue weighted by atomic mass is 10.0. The number of nitrogens with two attached hydrogens (primary N) is 1. The van der Waals surface area contributed by atoms with E-state index in [2.05, 4.69) is 15.9 Å². The molecule has 1 saturated carbocycles. The van der Waals surface area contributed by atoms with Gasteiger partial charge in [0, 0.05) is 13.1 Å². The van der Waals surface area contributed by atoms with Crippen molar-refractivity contribution in [3.8, 4) is 0 Å². The predicted octanol–water partition coefficient (Wildman–Crippen LogP) is 2.24. The zero-order valence-corrected chi connectivity index (χ0v) is 11.4. The fraction of sp³-hybridized carbons (Fsp3) is 0.583. The largest absolute Gasteiger partial charge is 0.444 e. The normalized spacial score (nSPS) is 23.9. The third kappa shape index (κ3) is 2.55. The van der Waals surface area contributed by atoms with E-state index in [0.717, 1.165) is 19.3 Å². The van der Waals surface area contributed by atoms with Gasteiger partial charge in [0.05, 0.1) is 0 Å². The van der Waals surface area contributed by atoms with Crippen LogP contribution in [0.25, 0.3) is 0 Å². The first-order chi connectivity index (χ1) is 8.13. The molecule has 0 aliphatic heterocycles. The molecule has 94 valence electrons. The number of hydrogen-bond donors (Lipinski definition) is 1. The highest BCUT2D eigenvalue weighted by Gasteiger charge is 2.32. The maximum Gasteiger partial charge on any atom is 0.289 e. The van der Waals surface area contributed by atoms with Crippen molar-refractivity contribution in [2.45, 2.75) is 25.3 Å². The summed E-state index contributed by atoms with van der Waals surface area (Å²) in [7, 11) is 1.83. The van der Waals surface area contributed by atoms with Crippen molar-refractivity contribution in [2.75, 3.05) is 13.6 Å². The van der Waals surface area contributed by atoms with Crippen LogP contribution in [0.15, 0.2) is 21.2 Å². The van der Waals surface area contributed by atoms with E-state index in [1.165, 1.54) is 0 Å². The van der Waals surface area contributed by atoms with Crippen molar-refractivity contribution in [1.82, 2.24) is 4.90 Å². The highest BCUT2D eigenvalue weighted by molar-refractivity contribution is 9.10. The summed E-state index contributed by atoms with van der Waals surface area (Å²) in [5.41, 5.74) is 5.74. The molecule has 0 aromatic carbocycles. The fourth-order valence-electron chi connectivity index (χ4n) is 2.56. The number of rotatable bonds is 3. The van der Waals surface area contributed by atoms with Gasteiger partial charge in [-0.15, -0.1) is 0 Å². The van der Waals surface area contributed by atoms with Gasteiger partial charge in [-0.1, -0.05) is 6.42 Å². The summed E-state index contributed by atoms with van der Waals surface area (Å²) in [5, 5.41) is 0. The molecule has 5 heteroatoms. The minimum Gasteiger partial charge on any atom is -0.444 e. The van der Waals surface area contributed by atoms with Crippen LogP contribution in [-0.4, -0.2) is 30.4 Å². The molecule has 4 nitrogen and oxygen atoms in total. The van der Waals surface area contributed by atoms with Gasteiger partial charge >= 0.3 is 0 Å². The van der Waals surface area contributed by atoms with Crippen molar-refractivity contribution in [3.05, 3.63) is 22.6 Å². The fourth-order valence-corrected chi connectivity index (χ4v) is 2.86. The first-order valence-electron chi connectivity index (χ1n) is 5.86. The number of carbonyl (C=O) groups excluding carboxylic acids is 1.